The third-order valence-electron chi connectivity index (χ3n) is 3.36. The molecule has 0 unspecified atom stereocenters. The fourth-order valence-electron chi connectivity index (χ4n) is 2.14. The van der Waals surface area contributed by atoms with Crippen molar-refractivity contribution >= 4 is 23.9 Å². The Balaban J connectivity index is 1.87. The van der Waals surface area contributed by atoms with Crippen LogP contribution in [0, 0.1) is 6.92 Å². The first kappa shape index (κ1) is 19.8. The fraction of sp³-hybridized carbons (Fsp3) is 0.300. The first-order valence-electron chi connectivity index (χ1n) is 8.53. The molecule has 0 aliphatic heterocycles. The van der Waals surface area contributed by atoms with E-state index >= 15 is 0 Å². The molecule has 5 nitrogen and oxygen atoms in total. The van der Waals surface area contributed by atoms with E-state index in [1.807, 2.05) is 63.2 Å². The monoisotopic (exact) mass is 372 g/mol. The van der Waals surface area contributed by atoms with Crippen LogP contribution < -0.4 is 14.9 Å². The van der Waals surface area contributed by atoms with Gasteiger partial charge in [0.25, 0.3) is 0 Å². The van der Waals surface area contributed by atoms with E-state index in [0.717, 1.165) is 10.5 Å². The summed E-state index contributed by atoms with van der Waals surface area (Å²) < 4.78 is 11.1. The van der Waals surface area contributed by atoms with Crippen molar-refractivity contribution in [1.29, 1.82) is 0 Å². The first-order chi connectivity index (χ1) is 12.6. The first-order valence-corrected chi connectivity index (χ1v) is 9.52. The topological polar surface area (TPSA) is 59.9 Å². The van der Waals surface area contributed by atoms with Crippen LogP contribution >= 0.6 is 11.8 Å². The molecule has 0 atom stereocenters. The fourth-order valence-corrected chi connectivity index (χ4v) is 2.83. The van der Waals surface area contributed by atoms with Crippen LogP contribution in [0.15, 0.2) is 52.5 Å². The second kappa shape index (κ2) is 10.5. The highest BCUT2D eigenvalue weighted by molar-refractivity contribution is 8.00. The maximum absolute atomic E-state index is 11.9. The third-order valence-corrected chi connectivity index (χ3v) is 4.37. The van der Waals surface area contributed by atoms with Gasteiger partial charge in [0.2, 0.25) is 5.91 Å². The minimum absolute atomic E-state index is 0.150. The van der Waals surface area contributed by atoms with E-state index in [-0.39, 0.29) is 5.91 Å². The summed E-state index contributed by atoms with van der Waals surface area (Å²) in [6.07, 6.45) is 1.59. The molecule has 2 aromatic rings. The van der Waals surface area contributed by atoms with E-state index in [2.05, 4.69) is 10.5 Å². The van der Waals surface area contributed by atoms with Crippen LogP contribution in [0.1, 0.15) is 25.0 Å². The van der Waals surface area contributed by atoms with Gasteiger partial charge in [-0.2, -0.15) is 5.10 Å². The molecule has 138 valence electrons. The summed E-state index contributed by atoms with van der Waals surface area (Å²) in [5, 5.41) is 4.01. The van der Waals surface area contributed by atoms with E-state index in [4.69, 9.17) is 9.47 Å². The van der Waals surface area contributed by atoms with Gasteiger partial charge in [-0.15, -0.1) is 11.8 Å². The predicted octanol–water partition coefficient (Wildman–Crippen LogP) is 4.03. The van der Waals surface area contributed by atoms with Gasteiger partial charge in [0, 0.05) is 4.90 Å². The Morgan fingerprint density at radius 2 is 1.77 bits per heavy atom. The van der Waals surface area contributed by atoms with Crippen molar-refractivity contribution in [1.82, 2.24) is 5.43 Å². The number of hydrogen-bond donors (Lipinski definition) is 1. The molecule has 0 spiro atoms. The lowest BCUT2D eigenvalue weighted by Crippen LogP contribution is -2.19. The molecular formula is C20H24N2O3S. The molecule has 1 amide bonds. The molecule has 0 aliphatic carbocycles. The van der Waals surface area contributed by atoms with Crippen LogP contribution in [0.5, 0.6) is 11.5 Å². The molecule has 6 heteroatoms. The van der Waals surface area contributed by atoms with Gasteiger partial charge >= 0.3 is 0 Å². The summed E-state index contributed by atoms with van der Waals surface area (Å²) in [5.74, 6) is 1.53. The average molecular weight is 372 g/mol. The molecule has 1 N–H and O–H groups in total. The highest BCUT2D eigenvalue weighted by Crippen LogP contribution is 2.28. The van der Waals surface area contributed by atoms with Gasteiger partial charge in [-0.25, -0.2) is 5.43 Å². The van der Waals surface area contributed by atoms with Crippen LogP contribution in [-0.4, -0.2) is 31.1 Å². The highest BCUT2D eigenvalue weighted by atomic mass is 32.2. The van der Waals surface area contributed by atoms with Crippen LogP contribution in [0.2, 0.25) is 0 Å². The molecule has 2 aromatic carbocycles. The quantitative estimate of drug-likeness (QED) is 0.410. The van der Waals surface area contributed by atoms with Crippen molar-refractivity contribution in [2.24, 2.45) is 5.10 Å². The minimum Gasteiger partial charge on any atom is -0.490 e. The van der Waals surface area contributed by atoms with Crippen LogP contribution in [-0.2, 0) is 4.79 Å². The molecule has 0 radical (unpaired) electrons. The Hall–Kier alpha value is -2.47. The van der Waals surface area contributed by atoms with E-state index < -0.39 is 0 Å². The summed E-state index contributed by atoms with van der Waals surface area (Å²) in [5.41, 5.74) is 4.56. The standard InChI is InChI=1S/C20H24N2O3S/c1-4-24-18-11-8-16(12-19(18)25-5-2)13-21-22-20(23)14-26-17-9-6-15(3)7-10-17/h6-13H,4-5,14H2,1-3H3,(H,22,23). The summed E-state index contributed by atoms with van der Waals surface area (Å²) in [6, 6.07) is 13.6. The largest absolute Gasteiger partial charge is 0.490 e. The van der Waals surface area contributed by atoms with E-state index in [1.54, 1.807) is 6.21 Å². The van der Waals surface area contributed by atoms with Crippen molar-refractivity contribution in [3.8, 4) is 11.5 Å². The zero-order valence-corrected chi connectivity index (χ0v) is 16.1. The van der Waals surface area contributed by atoms with Gasteiger partial charge in [-0.05, 0) is 56.7 Å². The molecule has 26 heavy (non-hydrogen) atoms. The molecule has 2 rings (SSSR count). The number of thioether (sulfide) groups is 1. The molecular weight excluding hydrogens is 348 g/mol. The van der Waals surface area contributed by atoms with Gasteiger partial charge in [-0.3, -0.25) is 4.79 Å². The van der Waals surface area contributed by atoms with Crippen molar-refractivity contribution < 1.29 is 14.3 Å². The minimum atomic E-state index is -0.150. The van der Waals surface area contributed by atoms with Gasteiger partial charge in [0.1, 0.15) is 0 Å². The molecule has 0 fully saturated rings. The molecule has 0 bridgehead atoms. The smallest absolute Gasteiger partial charge is 0.250 e. The third kappa shape index (κ3) is 6.44. The van der Waals surface area contributed by atoms with E-state index in [1.165, 1.54) is 17.3 Å². The average Bonchev–Trinajstić information content (AvgIpc) is 2.64. The van der Waals surface area contributed by atoms with E-state index in [0.29, 0.717) is 30.5 Å². The number of hydrazone groups is 1. The number of rotatable bonds is 9. The van der Waals surface area contributed by atoms with Crippen molar-refractivity contribution in [2.45, 2.75) is 25.7 Å². The number of ether oxygens (including phenoxy) is 2. The molecule has 0 aromatic heterocycles. The lowest BCUT2D eigenvalue weighted by Gasteiger charge is -2.11. The Kier molecular flexibility index (Phi) is 8.02. The maximum atomic E-state index is 11.9. The van der Waals surface area contributed by atoms with Crippen LogP contribution in [0.25, 0.3) is 0 Å². The number of hydrogen-bond acceptors (Lipinski definition) is 5. The number of carbonyl (C=O) groups excluding carboxylic acids is 1. The Morgan fingerprint density at radius 3 is 2.46 bits per heavy atom. The summed E-state index contributed by atoms with van der Waals surface area (Å²) in [7, 11) is 0. The van der Waals surface area contributed by atoms with Gasteiger partial charge in [0.15, 0.2) is 11.5 Å². The number of aryl methyl sites for hydroxylation is 1. The van der Waals surface area contributed by atoms with Crippen LogP contribution in [0.4, 0.5) is 0 Å². The van der Waals surface area contributed by atoms with Crippen molar-refractivity contribution in [3.05, 3.63) is 53.6 Å². The lowest BCUT2D eigenvalue weighted by atomic mass is 10.2. The Labute approximate surface area is 158 Å². The number of nitrogens with zero attached hydrogens (tertiary/aromatic N) is 1. The van der Waals surface area contributed by atoms with Gasteiger partial charge in [0.05, 0.1) is 25.2 Å². The lowest BCUT2D eigenvalue weighted by molar-refractivity contribution is -0.118. The number of benzene rings is 2. The molecule has 0 saturated heterocycles. The van der Waals surface area contributed by atoms with Crippen molar-refractivity contribution in [2.75, 3.05) is 19.0 Å². The second-order valence-electron chi connectivity index (χ2n) is 5.47. The van der Waals surface area contributed by atoms with Gasteiger partial charge < -0.3 is 9.47 Å². The zero-order chi connectivity index (χ0) is 18.8. The number of carbonyl (C=O) groups is 1. The zero-order valence-electron chi connectivity index (χ0n) is 15.3. The highest BCUT2D eigenvalue weighted by Gasteiger charge is 2.05. The van der Waals surface area contributed by atoms with Gasteiger partial charge in [-0.1, -0.05) is 17.7 Å². The predicted molar refractivity (Wildman–Crippen MR) is 106 cm³/mol. The SMILES string of the molecule is CCOc1ccc(C=NNC(=O)CSc2ccc(C)cc2)cc1OCC. The molecule has 0 heterocycles. The summed E-state index contributed by atoms with van der Waals surface area (Å²) in [4.78, 5) is 12.9. The number of nitrogens with one attached hydrogen (secondary N) is 1. The van der Waals surface area contributed by atoms with E-state index in [9.17, 15) is 4.79 Å². The summed E-state index contributed by atoms with van der Waals surface area (Å²) in [6.45, 7) is 7.00. The second-order valence-corrected chi connectivity index (χ2v) is 6.52. The summed E-state index contributed by atoms with van der Waals surface area (Å²) >= 11 is 1.48. The number of amides is 1. The van der Waals surface area contributed by atoms with Crippen LogP contribution in [0.3, 0.4) is 0 Å². The molecule has 0 aliphatic rings. The Bertz CT molecular complexity index is 745. The molecule has 0 saturated carbocycles. The Morgan fingerprint density at radius 1 is 1.08 bits per heavy atom. The maximum Gasteiger partial charge on any atom is 0.250 e. The van der Waals surface area contributed by atoms with Crippen molar-refractivity contribution in [3.63, 3.8) is 0 Å². The normalized spacial score (nSPS) is 10.7.